The van der Waals surface area contributed by atoms with Gasteiger partial charge in [0.15, 0.2) is 0 Å². The van der Waals surface area contributed by atoms with Crippen molar-refractivity contribution in [3.63, 3.8) is 0 Å². The Morgan fingerprint density at radius 3 is 2.58 bits per heavy atom. The first-order chi connectivity index (χ1) is 10.8. The van der Waals surface area contributed by atoms with Gasteiger partial charge < -0.3 is 10.6 Å². The number of carbonyl (C=O) groups is 1. The smallest absolute Gasteiger partial charge is 0.255 e. The van der Waals surface area contributed by atoms with Crippen molar-refractivity contribution in [1.29, 1.82) is 0 Å². The number of piperidine rings is 1. The fourth-order valence-electron chi connectivity index (χ4n) is 3.02. The lowest BCUT2D eigenvalue weighted by molar-refractivity contribution is 0.0623. The van der Waals surface area contributed by atoms with Crippen LogP contribution >= 0.6 is 24.8 Å². The molecule has 0 saturated carbocycles. The first-order valence-corrected chi connectivity index (χ1v) is 7.81. The molecule has 1 unspecified atom stereocenters. The van der Waals surface area contributed by atoms with Crippen LogP contribution in [0.4, 0.5) is 0 Å². The lowest BCUT2D eigenvalue weighted by Gasteiger charge is -2.35. The minimum atomic E-state index is 0. The van der Waals surface area contributed by atoms with Crippen LogP contribution in [0.1, 0.15) is 29.6 Å². The SMILES string of the molecule is Cl.Cl.NCC1CCCCN1C(=O)c1cncc(-c2ccccc2)c1. The molecule has 1 amide bonds. The zero-order chi connectivity index (χ0) is 15.4. The van der Waals surface area contributed by atoms with Gasteiger partial charge in [0.05, 0.1) is 5.56 Å². The maximum absolute atomic E-state index is 12.8. The van der Waals surface area contributed by atoms with Crippen LogP contribution in [0.25, 0.3) is 11.1 Å². The van der Waals surface area contributed by atoms with Gasteiger partial charge in [-0.25, -0.2) is 0 Å². The van der Waals surface area contributed by atoms with Crippen molar-refractivity contribution < 1.29 is 4.79 Å². The summed E-state index contributed by atoms with van der Waals surface area (Å²) in [4.78, 5) is 18.9. The summed E-state index contributed by atoms with van der Waals surface area (Å²) in [7, 11) is 0. The van der Waals surface area contributed by atoms with E-state index in [1.807, 2.05) is 41.3 Å². The summed E-state index contributed by atoms with van der Waals surface area (Å²) >= 11 is 0. The van der Waals surface area contributed by atoms with E-state index in [1.54, 1.807) is 12.4 Å². The van der Waals surface area contributed by atoms with Gasteiger partial charge >= 0.3 is 0 Å². The van der Waals surface area contributed by atoms with E-state index in [-0.39, 0.29) is 36.8 Å². The predicted octanol–water partition coefficient (Wildman–Crippen LogP) is 3.55. The molecule has 130 valence electrons. The van der Waals surface area contributed by atoms with Crippen LogP contribution in [0.2, 0.25) is 0 Å². The maximum Gasteiger partial charge on any atom is 0.255 e. The first kappa shape index (κ1) is 20.4. The Morgan fingerprint density at radius 1 is 1.12 bits per heavy atom. The molecule has 1 aliphatic rings. The summed E-state index contributed by atoms with van der Waals surface area (Å²) in [5.41, 5.74) is 8.50. The molecule has 1 aromatic carbocycles. The van der Waals surface area contributed by atoms with E-state index in [0.717, 1.165) is 36.9 Å². The highest BCUT2D eigenvalue weighted by molar-refractivity contribution is 5.95. The Hall–Kier alpha value is -1.62. The van der Waals surface area contributed by atoms with Gasteiger partial charge in [0.2, 0.25) is 0 Å². The Labute approximate surface area is 155 Å². The van der Waals surface area contributed by atoms with Crippen LogP contribution in [0, 0.1) is 0 Å². The molecule has 0 aliphatic carbocycles. The van der Waals surface area contributed by atoms with E-state index in [0.29, 0.717) is 12.1 Å². The molecule has 3 rings (SSSR count). The van der Waals surface area contributed by atoms with E-state index >= 15 is 0 Å². The number of benzene rings is 1. The van der Waals surface area contributed by atoms with Crippen LogP contribution in [-0.2, 0) is 0 Å². The average molecular weight is 368 g/mol. The van der Waals surface area contributed by atoms with Crippen LogP contribution < -0.4 is 5.73 Å². The number of nitrogens with zero attached hydrogens (tertiary/aromatic N) is 2. The second kappa shape index (κ2) is 9.62. The number of pyridine rings is 1. The summed E-state index contributed by atoms with van der Waals surface area (Å²) in [5, 5.41) is 0. The lowest BCUT2D eigenvalue weighted by Crippen LogP contribution is -2.47. The molecule has 1 saturated heterocycles. The average Bonchev–Trinajstić information content (AvgIpc) is 2.62. The minimum Gasteiger partial charge on any atom is -0.334 e. The second-order valence-electron chi connectivity index (χ2n) is 5.71. The molecule has 1 atom stereocenters. The van der Waals surface area contributed by atoms with Crippen LogP contribution in [0.5, 0.6) is 0 Å². The number of aromatic nitrogens is 1. The summed E-state index contributed by atoms with van der Waals surface area (Å²) in [6, 6.07) is 12.1. The molecule has 24 heavy (non-hydrogen) atoms. The minimum absolute atomic E-state index is 0. The number of hydrogen-bond acceptors (Lipinski definition) is 3. The van der Waals surface area contributed by atoms with E-state index < -0.39 is 0 Å². The van der Waals surface area contributed by atoms with Gasteiger partial charge in [-0.05, 0) is 30.9 Å². The third kappa shape index (κ3) is 4.47. The Kier molecular flexibility index (Phi) is 8.19. The summed E-state index contributed by atoms with van der Waals surface area (Å²) in [6.07, 6.45) is 6.63. The number of likely N-dealkylation sites (tertiary alicyclic amines) is 1. The van der Waals surface area contributed by atoms with Gasteiger partial charge in [-0.15, -0.1) is 24.8 Å². The molecule has 4 nitrogen and oxygen atoms in total. The highest BCUT2D eigenvalue weighted by Gasteiger charge is 2.26. The van der Waals surface area contributed by atoms with Crippen LogP contribution in [0.3, 0.4) is 0 Å². The molecule has 1 fully saturated rings. The molecule has 2 N–H and O–H groups in total. The van der Waals surface area contributed by atoms with E-state index in [4.69, 9.17) is 5.73 Å². The van der Waals surface area contributed by atoms with E-state index in [2.05, 4.69) is 4.98 Å². The number of halogens is 2. The van der Waals surface area contributed by atoms with Crippen molar-refractivity contribution in [2.24, 2.45) is 5.73 Å². The zero-order valence-electron chi connectivity index (χ0n) is 13.4. The molecule has 1 aromatic heterocycles. The molecule has 6 heteroatoms. The number of hydrogen-bond donors (Lipinski definition) is 1. The van der Waals surface area contributed by atoms with Gasteiger partial charge in [-0.2, -0.15) is 0 Å². The predicted molar refractivity (Wildman–Crippen MR) is 102 cm³/mol. The highest BCUT2D eigenvalue weighted by atomic mass is 35.5. The molecule has 1 aliphatic heterocycles. The molecular weight excluding hydrogens is 345 g/mol. The van der Waals surface area contributed by atoms with E-state index in [9.17, 15) is 4.79 Å². The molecule has 2 aromatic rings. The lowest BCUT2D eigenvalue weighted by atomic mass is 10.0. The van der Waals surface area contributed by atoms with E-state index in [1.165, 1.54) is 0 Å². The van der Waals surface area contributed by atoms with Crippen molar-refractivity contribution in [3.05, 3.63) is 54.4 Å². The van der Waals surface area contributed by atoms with Crippen LogP contribution in [0.15, 0.2) is 48.8 Å². The molecule has 0 spiro atoms. The van der Waals surface area contributed by atoms with Gasteiger partial charge in [-0.3, -0.25) is 9.78 Å². The van der Waals surface area contributed by atoms with Crippen molar-refractivity contribution >= 4 is 30.7 Å². The number of carbonyl (C=O) groups excluding carboxylic acids is 1. The fourth-order valence-corrected chi connectivity index (χ4v) is 3.02. The first-order valence-electron chi connectivity index (χ1n) is 7.81. The summed E-state index contributed by atoms with van der Waals surface area (Å²) in [6.45, 7) is 1.31. The second-order valence-corrected chi connectivity index (χ2v) is 5.71. The summed E-state index contributed by atoms with van der Waals surface area (Å²) < 4.78 is 0. The van der Waals surface area contributed by atoms with Gasteiger partial charge in [0.25, 0.3) is 5.91 Å². The summed E-state index contributed by atoms with van der Waals surface area (Å²) in [5.74, 6) is 0.0421. The van der Waals surface area contributed by atoms with Gasteiger partial charge in [-0.1, -0.05) is 30.3 Å². The molecular formula is C18H23Cl2N3O. The van der Waals surface area contributed by atoms with Crippen molar-refractivity contribution in [1.82, 2.24) is 9.88 Å². The monoisotopic (exact) mass is 367 g/mol. The largest absolute Gasteiger partial charge is 0.334 e. The third-order valence-corrected chi connectivity index (χ3v) is 4.25. The van der Waals surface area contributed by atoms with Gasteiger partial charge in [0.1, 0.15) is 0 Å². The van der Waals surface area contributed by atoms with Gasteiger partial charge in [0, 0.05) is 37.1 Å². The fraction of sp³-hybridized carbons (Fsp3) is 0.333. The van der Waals surface area contributed by atoms with Crippen LogP contribution in [-0.4, -0.2) is 34.9 Å². The van der Waals surface area contributed by atoms with Crippen molar-refractivity contribution in [3.8, 4) is 11.1 Å². The Morgan fingerprint density at radius 2 is 1.88 bits per heavy atom. The molecule has 2 heterocycles. The number of amides is 1. The standard InChI is InChI=1S/C18H21N3O.2ClH/c19-11-17-8-4-5-9-21(17)18(22)16-10-15(12-20-13-16)14-6-2-1-3-7-14;;/h1-3,6-7,10,12-13,17H,4-5,8-9,11,19H2;2*1H. The normalized spacial score (nSPS) is 16.7. The molecule has 0 radical (unpaired) electrons. The third-order valence-electron chi connectivity index (χ3n) is 4.25. The van der Waals surface area contributed by atoms with Crippen molar-refractivity contribution in [2.45, 2.75) is 25.3 Å². The highest BCUT2D eigenvalue weighted by Crippen LogP contribution is 2.22. The quantitative estimate of drug-likeness (QED) is 0.902. The zero-order valence-corrected chi connectivity index (χ0v) is 15.1. The molecule has 0 bridgehead atoms. The number of nitrogens with two attached hydrogens (primary N) is 1. The Balaban J connectivity index is 0.00000144. The maximum atomic E-state index is 12.8. The van der Waals surface area contributed by atoms with Crippen molar-refractivity contribution in [2.75, 3.05) is 13.1 Å². The topological polar surface area (TPSA) is 59.2 Å². The number of rotatable bonds is 3. The Bertz CT molecular complexity index is 652.